The first kappa shape index (κ1) is 33.3. The molecule has 2 aromatic rings. The monoisotopic (exact) mass is 642 g/mol. The third-order valence-electron chi connectivity index (χ3n) is 7.03. The molecule has 17 heteroatoms. The number of aliphatic hydroxyl groups is 1. The van der Waals surface area contributed by atoms with Crippen molar-refractivity contribution in [1.29, 1.82) is 0 Å². The molecule has 4 rings (SSSR count). The number of carbonyl (C=O) groups is 1. The number of halogens is 9. The molecule has 1 amide bonds. The van der Waals surface area contributed by atoms with Crippen LogP contribution in [-0.4, -0.2) is 47.7 Å². The van der Waals surface area contributed by atoms with E-state index >= 15 is 0 Å². The summed E-state index contributed by atoms with van der Waals surface area (Å²) in [7, 11) is 0. The summed E-state index contributed by atoms with van der Waals surface area (Å²) in [5.74, 6) is -0.342. The number of aliphatic imine (C=N–C) groups is 1. The van der Waals surface area contributed by atoms with Crippen LogP contribution in [0.4, 0.5) is 50.0 Å². The molecule has 44 heavy (non-hydrogen) atoms. The predicted octanol–water partition coefficient (Wildman–Crippen LogP) is 6.64. The van der Waals surface area contributed by atoms with Crippen LogP contribution in [0, 0.1) is 0 Å². The second-order valence-corrected chi connectivity index (χ2v) is 9.99. The molecule has 2 heterocycles. The Hall–Kier alpha value is -3.57. The number of hydrogen-bond acceptors (Lipinski definition) is 7. The van der Waals surface area contributed by atoms with Crippen LogP contribution in [0.1, 0.15) is 60.5 Å². The normalized spacial score (nSPS) is 21.1. The van der Waals surface area contributed by atoms with E-state index in [2.05, 4.69) is 10.3 Å². The summed E-state index contributed by atoms with van der Waals surface area (Å²) in [5.41, 5.74) is -4.47. The lowest BCUT2D eigenvalue weighted by atomic mass is 9.88. The zero-order valence-electron chi connectivity index (χ0n) is 23.1. The Morgan fingerprint density at radius 1 is 0.977 bits per heavy atom. The largest absolute Gasteiger partial charge is 0.449 e. The maximum atomic E-state index is 13.7. The smallest absolute Gasteiger partial charge is 0.416 e. The molecule has 3 atom stereocenters. The van der Waals surface area contributed by atoms with Crippen molar-refractivity contribution in [2.45, 2.75) is 70.1 Å². The molecular formula is C27H27F9N4O4. The van der Waals surface area contributed by atoms with Crippen LogP contribution in [0.15, 0.2) is 41.4 Å². The standard InChI is InChI=1S/C27H27F9N4O4/c1-3-18-11-20(19-10-15(25(28,29)30)5-6-21(19)40(18)24(42)43-4-2)37-23-38-22(13-41)44-39(23)12-14-7-16(26(31,32)33)9-17(8-14)27(34,35)36/h5-10,18,20,23,37,41H,3-4,11-13H2,1-2H3/t18-,20+,23?/m1/s1. The predicted molar refractivity (Wildman–Crippen MR) is 137 cm³/mol. The molecule has 1 unspecified atom stereocenters. The van der Waals surface area contributed by atoms with Crippen molar-refractivity contribution in [1.82, 2.24) is 10.4 Å². The molecule has 0 saturated carbocycles. The Kier molecular flexibility index (Phi) is 9.42. The Bertz CT molecular complexity index is 1360. The maximum absolute atomic E-state index is 13.7. The van der Waals surface area contributed by atoms with Gasteiger partial charge in [0.05, 0.1) is 35.5 Å². The summed E-state index contributed by atoms with van der Waals surface area (Å²) in [6.07, 6.45) is -16.7. The number of carbonyl (C=O) groups excluding carboxylic acids is 1. The quantitative estimate of drug-likeness (QED) is 0.330. The maximum Gasteiger partial charge on any atom is 0.416 e. The molecule has 0 spiro atoms. The molecule has 2 aliphatic heterocycles. The molecule has 0 aromatic heterocycles. The second kappa shape index (κ2) is 12.4. The minimum atomic E-state index is -5.10. The van der Waals surface area contributed by atoms with Gasteiger partial charge in [0.25, 0.3) is 0 Å². The summed E-state index contributed by atoms with van der Waals surface area (Å²) < 4.78 is 127. The first-order valence-electron chi connectivity index (χ1n) is 13.3. The minimum Gasteiger partial charge on any atom is -0.449 e. The minimum absolute atomic E-state index is 0.00201. The molecule has 242 valence electrons. The van der Waals surface area contributed by atoms with Gasteiger partial charge < -0.3 is 14.7 Å². The number of ether oxygens (including phenoxy) is 1. The summed E-state index contributed by atoms with van der Waals surface area (Å²) in [4.78, 5) is 23.5. The van der Waals surface area contributed by atoms with Crippen molar-refractivity contribution in [3.63, 3.8) is 0 Å². The summed E-state index contributed by atoms with van der Waals surface area (Å²) in [5, 5.41) is 13.4. The van der Waals surface area contributed by atoms with Gasteiger partial charge in [0.1, 0.15) is 6.61 Å². The number of benzene rings is 2. The van der Waals surface area contributed by atoms with Crippen molar-refractivity contribution >= 4 is 17.7 Å². The second-order valence-electron chi connectivity index (χ2n) is 9.99. The number of amides is 1. The third kappa shape index (κ3) is 7.21. The van der Waals surface area contributed by atoms with Crippen LogP contribution < -0.4 is 10.2 Å². The van der Waals surface area contributed by atoms with E-state index in [4.69, 9.17) is 9.57 Å². The van der Waals surface area contributed by atoms with Gasteiger partial charge in [-0.3, -0.25) is 10.2 Å². The lowest BCUT2D eigenvalue weighted by Crippen LogP contribution is -2.50. The molecular weight excluding hydrogens is 615 g/mol. The van der Waals surface area contributed by atoms with E-state index in [1.807, 2.05) is 0 Å². The van der Waals surface area contributed by atoms with Crippen LogP contribution in [0.3, 0.4) is 0 Å². The Balaban J connectivity index is 1.72. The van der Waals surface area contributed by atoms with Gasteiger partial charge in [0.2, 0.25) is 5.90 Å². The first-order chi connectivity index (χ1) is 20.5. The van der Waals surface area contributed by atoms with Crippen molar-refractivity contribution in [3.05, 3.63) is 64.2 Å². The molecule has 0 bridgehead atoms. The fourth-order valence-corrected chi connectivity index (χ4v) is 5.07. The van der Waals surface area contributed by atoms with Gasteiger partial charge in [-0.1, -0.05) is 12.0 Å². The highest BCUT2D eigenvalue weighted by Crippen LogP contribution is 2.43. The van der Waals surface area contributed by atoms with Gasteiger partial charge in [-0.15, -0.1) is 0 Å². The summed E-state index contributed by atoms with van der Waals surface area (Å²) >= 11 is 0. The number of anilines is 1. The Morgan fingerprint density at radius 3 is 2.11 bits per heavy atom. The first-order valence-corrected chi connectivity index (χ1v) is 13.3. The number of fused-ring (bicyclic) bond motifs is 1. The van der Waals surface area contributed by atoms with E-state index in [-0.39, 0.29) is 36.2 Å². The van der Waals surface area contributed by atoms with Crippen LogP contribution in [0.2, 0.25) is 0 Å². The van der Waals surface area contributed by atoms with Crippen LogP contribution in [-0.2, 0) is 34.6 Å². The average molecular weight is 643 g/mol. The SMILES string of the molecule is CCOC(=O)N1c2ccc(C(F)(F)F)cc2[C@@H](NC2N=C(CO)ON2Cc2cc(C(F)(F)F)cc(C(F)(F)F)c2)C[C@H]1CC. The van der Waals surface area contributed by atoms with Gasteiger partial charge >= 0.3 is 24.6 Å². The number of alkyl halides is 9. The van der Waals surface area contributed by atoms with Crippen molar-refractivity contribution in [2.75, 3.05) is 18.1 Å². The zero-order chi connectivity index (χ0) is 32.6. The van der Waals surface area contributed by atoms with Crippen LogP contribution >= 0.6 is 0 Å². The number of nitrogens with one attached hydrogen (secondary N) is 1. The fourth-order valence-electron chi connectivity index (χ4n) is 5.07. The zero-order valence-corrected chi connectivity index (χ0v) is 23.1. The number of aliphatic hydroxyl groups excluding tert-OH is 1. The van der Waals surface area contributed by atoms with Crippen molar-refractivity contribution in [3.8, 4) is 0 Å². The molecule has 0 aliphatic carbocycles. The van der Waals surface area contributed by atoms with E-state index in [1.165, 1.54) is 4.90 Å². The van der Waals surface area contributed by atoms with Gasteiger partial charge in [-0.05, 0) is 67.3 Å². The molecule has 2 N–H and O–H groups in total. The Morgan fingerprint density at radius 2 is 1.59 bits per heavy atom. The molecule has 0 fully saturated rings. The molecule has 0 saturated heterocycles. The molecule has 8 nitrogen and oxygen atoms in total. The van der Waals surface area contributed by atoms with E-state index < -0.39 is 78.4 Å². The number of hydrogen-bond donors (Lipinski definition) is 2. The van der Waals surface area contributed by atoms with Gasteiger partial charge in [0, 0.05) is 12.1 Å². The van der Waals surface area contributed by atoms with E-state index in [0.29, 0.717) is 18.6 Å². The molecule has 2 aromatic carbocycles. The fraction of sp³-hybridized carbons (Fsp3) is 0.481. The average Bonchev–Trinajstić information content (AvgIpc) is 3.31. The highest BCUT2D eigenvalue weighted by molar-refractivity contribution is 5.90. The highest BCUT2D eigenvalue weighted by Gasteiger charge is 2.42. The van der Waals surface area contributed by atoms with E-state index in [1.54, 1.807) is 13.8 Å². The number of rotatable bonds is 7. The number of nitrogens with zero attached hydrogens (tertiary/aromatic N) is 3. The number of hydroxylamine groups is 2. The molecule has 0 radical (unpaired) electrons. The highest BCUT2D eigenvalue weighted by atomic mass is 19.4. The summed E-state index contributed by atoms with van der Waals surface area (Å²) in [6, 6.07) is 2.20. The molecule has 2 aliphatic rings. The van der Waals surface area contributed by atoms with E-state index in [9.17, 15) is 49.4 Å². The topological polar surface area (TPSA) is 86.6 Å². The Labute approximate surface area is 245 Å². The van der Waals surface area contributed by atoms with E-state index in [0.717, 1.165) is 23.3 Å². The lowest BCUT2D eigenvalue weighted by Gasteiger charge is -2.41. The van der Waals surface area contributed by atoms with Crippen LogP contribution in [0.25, 0.3) is 0 Å². The summed E-state index contributed by atoms with van der Waals surface area (Å²) in [6.45, 7) is 1.82. The van der Waals surface area contributed by atoms with Crippen LogP contribution in [0.5, 0.6) is 0 Å². The van der Waals surface area contributed by atoms with Crippen molar-refractivity contribution in [2.24, 2.45) is 4.99 Å². The van der Waals surface area contributed by atoms with Gasteiger partial charge in [0.15, 0.2) is 6.29 Å². The van der Waals surface area contributed by atoms with Gasteiger partial charge in [-0.25, -0.2) is 9.79 Å². The third-order valence-corrected chi connectivity index (χ3v) is 7.03. The van der Waals surface area contributed by atoms with Crippen molar-refractivity contribution < 1.29 is 59.0 Å². The lowest BCUT2D eigenvalue weighted by molar-refractivity contribution is -0.143. The van der Waals surface area contributed by atoms with Gasteiger partial charge in [-0.2, -0.15) is 39.5 Å².